The summed E-state index contributed by atoms with van der Waals surface area (Å²) in [5, 5.41) is 2.89. The Bertz CT molecular complexity index is 1280. The van der Waals surface area contributed by atoms with E-state index in [2.05, 4.69) is 20.9 Å². The lowest BCUT2D eigenvalue weighted by atomic mass is 10.3. The van der Waals surface area contributed by atoms with Crippen LogP contribution in [0.15, 0.2) is 58.3 Å². The monoisotopic (exact) mass is 571 g/mol. The van der Waals surface area contributed by atoms with E-state index in [1.807, 2.05) is 6.92 Å². The van der Waals surface area contributed by atoms with E-state index in [4.69, 9.17) is 21.7 Å². The molecule has 0 spiro atoms. The number of amides is 1. The summed E-state index contributed by atoms with van der Waals surface area (Å²) in [6.07, 6.45) is -0.139. The Morgan fingerprint density at radius 1 is 0.973 bits per heavy atom. The molecule has 0 aromatic heterocycles. The summed E-state index contributed by atoms with van der Waals surface area (Å²) < 4.78 is 64.3. The molecule has 12 nitrogen and oxygen atoms in total. The fourth-order valence-corrected chi connectivity index (χ4v) is 5.87. The Labute approximate surface area is 221 Å². The van der Waals surface area contributed by atoms with Crippen LogP contribution in [-0.4, -0.2) is 71.6 Å². The second-order valence-corrected chi connectivity index (χ2v) is 11.8. The molecule has 1 heterocycles. The van der Waals surface area contributed by atoms with Gasteiger partial charge in [0.25, 0.3) is 0 Å². The van der Waals surface area contributed by atoms with E-state index in [9.17, 15) is 21.6 Å². The van der Waals surface area contributed by atoms with Crippen LogP contribution in [-0.2, 0) is 29.6 Å². The molecule has 4 N–H and O–H groups in total. The fourth-order valence-electron chi connectivity index (χ4n) is 3.26. The number of nitrogens with one attached hydrogen (secondary N) is 4. The molecule has 0 saturated carbocycles. The van der Waals surface area contributed by atoms with Gasteiger partial charge in [-0.05, 0) is 67.7 Å². The summed E-state index contributed by atoms with van der Waals surface area (Å²) in [5.41, 5.74) is 5.39. The highest BCUT2D eigenvalue weighted by atomic mass is 32.2. The van der Waals surface area contributed by atoms with Crippen LogP contribution in [0.2, 0.25) is 0 Å². The Morgan fingerprint density at radius 3 is 2.22 bits per heavy atom. The molecule has 15 heteroatoms. The molecule has 0 bridgehead atoms. The number of nitrogens with zero attached hydrogens (tertiary/aromatic N) is 1. The summed E-state index contributed by atoms with van der Waals surface area (Å²) in [5.74, 6) is 0.0657. The molecule has 3 rings (SSSR count). The lowest BCUT2D eigenvalue weighted by Gasteiger charge is -2.26. The van der Waals surface area contributed by atoms with Gasteiger partial charge in [-0.3, -0.25) is 15.6 Å². The van der Waals surface area contributed by atoms with Gasteiger partial charge in [0.05, 0.1) is 29.6 Å². The van der Waals surface area contributed by atoms with Gasteiger partial charge < -0.3 is 14.8 Å². The van der Waals surface area contributed by atoms with Crippen LogP contribution in [0.4, 0.5) is 5.69 Å². The van der Waals surface area contributed by atoms with Gasteiger partial charge in [0.15, 0.2) is 5.11 Å². The lowest BCUT2D eigenvalue weighted by molar-refractivity contribution is -0.121. The minimum atomic E-state index is -3.78. The molecule has 0 unspecified atom stereocenters. The van der Waals surface area contributed by atoms with E-state index < -0.39 is 26.0 Å². The standard InChI is InChI=1S/C22H29N5O7S3/c1-2-34-18-5-9-19(10-6-18)36(29,30)23-12-11-21(28)25-26-22(35)24-17-3-7-20(8-4-17)37(31,32)27-13-15-33-16-14-27/h3-10,23H,2,11-16H2,1H3,(H,25,28)(H2,24,26,35). The molecule has 1 saturated heterocycles. The van der Waals surface area contributed by atoms with E-state index in [1.54, 1.807) is 24.3 Å². The summed E-state index contributed by atoms with van der Waals surface area (Å²) in [4.78, 5) is 12.3. The fraction of sp³-hybridized carbons (Fsp3) is 0.364. The third kappa shape index (κ3) is 8.34. The van der Waals surface area contributed by atoms with Crippen molar-refractivity contribution in [2.45, 2.75) is 23.1 Å². The Morgan fingerprint density at radius 2 is 1.59 bits per heavy atom. The predicted octanol–water partition coefficient (Wildman–Crippen LogP) is 0.792. The zero-order chi connectivity index (χ0) is 26.9. The Balaban J connectivity index is 1.40. The number of hydrogen-bond donors (Lipinski definition) is 4. The summed E-state index contributed by atoms with van der Waals surface area (Å²) in [7, 11) is -7.38. The molecule has 202 valence electrons. The van der Waals surface area contributed by atoms with Gasteiger partial charge in [-0.25, -0.2) is 21.6 Å². The number of thiocarbonyl (C=S) groups is 1. The van der Waals surface area contributed by atoms with Crippen LogP contribution in [0.5, 0.6) is 5.75 Å². The van der Waals surface area contributed by atoms with Gasteiger partial charge in [0.1, 0.15) is 5.75 Å². The molecule has 1 aliphatic heterocycles. The minimum Gasteiger partial charge on any atom is -0.494 e. The van der Waals surface area contributed by atoms with Crippen LogP contribution >= 0.6 is 12.2 Å². The summed E-state index contributed by atoms with van der Waals surface area (Å²) >= 11 is 5.13. The van der Waals surface area contributed by atoms with E-state index in [0.717, 1.165) is 0 Å². The molecule has 1 amide bonds. The van der Waals surface area contributed by atoms with Crippen molar-refractivity contribution in [1.82, 2.24) is 19.9 Å². The van der Waals surface area contributed by atoms with Gasteiger partial charge in [-0.2, -0.15) is 4.31 Å². The molecule has 0 aliphatic carbocycles. The van der Waals surface area contributed by atoms with Crippen LogP contribution in [0, 0.1) is 0 Å². The van der Waals surface area contributed by atoms with Crippen molar-refractivity contribution >= 4 is 49.0 Å². The number of carbonyl (C=O) groups excluding carboxylic acids is 1. The number of rotatable bonds is 10. The van der Waals surface area contributed by atoms with Crippen LogP contribution in [0.25, 0.3) is 0 Å². The normalized spacial score (nSPS) is 14.5. The van der Waals surface area contributed by atoms with E-state index >= 15 is 0 Å². The molecule has 0 radical (unpaired) electrons. The third-order valence-electron chi connectivity index (χ3n) is 5.12. The quantitative estimate of drug-likeness (QED) is 0.238. The topological polar surface area (TPSA) is 155 Å². The molecule has 1 fully saturated rings. The van der Waals surface area contributed by atoms with E-state index in [0.29, 0.717) is 44.3 Å². The SMILES string of the molecule is CCOc1ccc(S(=O)(=O)NCCC(=O)NNC(=S)Nc2ccc(S(=O)(=O)N3CCOCC3)cc2)cc1. The summed E-state index contributed by atoms with van der Waals surface area (Å²) in [6, 6.07) is 12.0. The zero-order valence-electron chi connectivity index (χ0n) is 20.1. The average Bonchev–Trinajstić information content (AvgIpc) is 2.89. The van der Waals surface area contributed by atoms with E-state index in [1.165, 1.54) is 28.6 Å². The maximum absolute atomic E-state index is 12.7. The molecular weight excluding hydrogens is 542 g/mol. The number of ether oxygens (including phenoxy) is 2. The Kier molecular flexibility index (Phi) is 10.2. The second kappa shape index (κ2) is 13.1. The maximum atomic E-state index is 12.7. The number of sulfonamides is 2. The first kappa shape index (κ1) is 28.7. The van der Waals surface area contributed by atoms with Crippen molar-refractivity contribution in [2.24, 2.45) is 0 Å². The zero-order valence-corrected chi connectivity index (χ0v) is 22.5. The van der Waals surface area contributed by atoms with Gasteiger partial charge in [0, 0.05) is 31.7 Å². The van der Waals surface area contributed by atoms with Crippen LogP contribution in [0.1, 0.15) is 13.3 Å². The number of anilines is 1. The smallest absolute Gasteiger partial charge is 0.243 e. The number of carbonyl (C=O) groups is 1. The van der Waals surface area contributed by atoms with Gasteiger partial charge >= 0.3 is 0 Å². The van der Waals surface area contributed by atoms with Gasteiger partial charge in [-0.1, -0.05) is 0 Å². The van der Waals surface area contributed by atoms with Crippen molar-refractivity contribution in [1.29, 1.82) is 0 Å². The molecule has 2 aromatic carbocycles. The molecule has 0 atom stereocenters. The van der Waals surface area contributed by atoms with Crippen molar-refractivity contribution in [2.75, 3.05) is 44.8 Å². The highest BCUT2D eigenvalue weighted by Crippen LogP contribution is 2.19. The molecular formula is C22H29N5O7S3. The molecule has 1 aliphatic rings. The van der Waals surface area contributed by atoms with Crippen molar-refractivity contribution in [3.63, 3.8) is 0 Å². The number of morpholine rings is 1. The first-order valence-electron chi connectivity index (χ1n) is 11.4. The van der Waals surface area contributed by atoms with Crippen molar-refractivity contribution in [3.8, 4) is 5.75 Å². The largest absolute Gasteiger partial charge is 0.494 e. The van der Waals surface area contributed by atoms with E-state index in [-0.39, 0.29) is 27.9 Å². The third-order valence-corrected chi connectivity index (χ3v) is 8.72. The van der Waals surface area contributed by atoms with Crippen LogP contribution in [0.3, 0.4) is 0 Å². The summed E-state index contributed by atoms with van der Waals surface area (Å²) in [6.45, 7) is 3.51. The lowest BCUT2D eigenvalue weighted by Crippen LogP contribution is -2.44. The number of benzene rings is 2. The molecule has 37 heavy (non-hydrogen) atoms. The maximum Gasteiger partial charge on any atom is 0.243 e. The average molecular weight is 572 g/mol. The predicted molar refractivity (Wildman–Crippen MR) is 141 cm³/mol. The molecule has 2 aromatic rings. The number of hydrazine groups is 1. The van der Waals surface area contributed by atoms with Gasteiger partial charge in [-0.15, -0.1) is 0 Å². The second-order valence-electron chi connectivity index (χ2n) is 7.72. The highest BCUT2D eigenvalue weighted by Gasteiger charge is 2.26. The van der Waals surface area contributed by atoms with Crippen molar-refractivity contribution in [3.05, 3.63) is 48.5 Å². The highest BCUT2D eigenvalue weighted by molar-refractivity contribution is 7.89. The van der Waals surface area contributed by atoms with Crippen LogP contribution < -0.4 is 25.6 Å². The first-order valence-corrected chi connectivity index (χ1v) is 14.7. The Hall–Kier alpha value is -2.82. The first-order chi connectivity index (χ1) is 17.6. The number of hydrogen-bond acceptors (Lipinski definition) is 8. The minimum absolute atomic E-state index is 0.0589. The van der Waals surface area contributed by atoms with Crippen molar-refractivity contribution < 1.29 is 31.1 Å². The van der Waals surface area contributed by atoms with Gasteiger partial charge in [0.2, 0.25) is 26.0 Å².